The molecular formula is C22H23NO4. The Balaban J connectivity index is 2.70. The van der Waals surface area contributed by atoms with Crippen molar-refractivity contribution < 1.29 is 19.1 Å². The monoisotopic (exact) mass is 365 g/mol. The van der Waals surface area contributed by atoms with Gasteiger partial charge in [0, 0.05) is 11.6 Å². The van der Waals surface area contributed by atoms with Crippen LogP contribution >= 0.6 is 0 Å². The second kappa shape index (κ2) is 9.97. The lowest BCUT2D eigenvalue weighted by Gasteiger charge is -2.15. The Kier molecular flexibility index (Phi) is 7.37. The lowest BCUT2D eigenvalue weighted by molar-refractivity contribution is -0.138. The van der Waals surface area contributed by atoms with Crippen molar-refractivity contribution in [2.75, 3.05) is 13.2 Å². The van der Waals surface area contributed by atoms with Gasteiger partial charge in [-0.05, 0) is 25.0 Å². The summed E-state index contributed by atoms with van der Waals surface area (Å²) in [5.74, 6) is -1.16. The third-order valence-corrected chi connectivity index (χ3v) is 3.74. The van der Waals surface area contributed by atoms with Crippen molar-refractivity contribution in [1.29, 1.82) is 0 Å². The van der Waals surface area contributed by atoms with Crippen LogP contribution in [0.25, 0.3) is 11.3 Å². The third kappa shape index (κ3) is 5.31. The topological polar surface area (TPSA) is 78.6 Å². The van der Waals surface area contributed by atoms with Crippen LogP contribution in [-0.4, -0.2) is 25.2 Å². The van der Waals surface area contributed by atoms with Gasteiger partial charge in [0.1, 0.15) is 0 Å². The minimum absolute atomic E-state index is 0.127. The van der Waals surface area contributed by atoms with Crippen molar-refractivity contribution in [1.82, 2.24) is 0 Å². The fraction of sp³-hybridized carbons (Fsp3) is 0.182. The van der Waals surface area contributed by atoms with E-state index in [0.29, 0.717) is 16.7 Å². The maximum Gasteiger partial charge on any atom is 0.340 e. The Morgan fingerprint density at radius 3 is 1.89 bits per heavy atom. The molecule has 140 valence electrons. The molecule has 27 heavy (non-hydrogen) atoms. The van der Waals surface area contributed by atoms with Crippen LogP contribution in [0.1, 0.15) is 25.0 Å². The van der Waals surface area contributed by atoms with Crippen LogP contribution in [0.15, 0.2) is 72.3 Å². The number of carbonyl (C=O) groups excluding carboxylic acids is 2. The standard InChI is InChI=1S/C22H23NO4/c1-3-26-19(24)15-18(16-11-7-5-8-12-16)20(22(25)27-4-2)21(23)17-13-9-6-10-14-17/h5-15H,3-4,23H2,1-2H3/b18-15+,21-20-. The summed E-state index contributed by atoms with van der Waals surface area (Å²) in [7, 11) is 0. The summed E-state index contributed by atoms with van der Waals surface area (Å²) < 4.78 is 10.3. The second-order valence-corrected chi connectivity index (χ2v) is 5.55. The van der Waals surface area contributed by atoms with Crippen molar-refractivity contribution in [3.05, 3.63) is 83.4 Å². The summed E-state index contributed by atoms with van der Waals surface area (Å²) in [6.45, 7) is 3.84. The van der Waals surface area contributed by atoms with Gasteiger partial charge in [0.25, 0.3) is 0 Å². The Bertz CT molecular complexity index is 839. The molecule has 0 aliphatic rings. The Morgan fingerprint density at radius 2 is 1.37 bits per heavy atom. The van der Waals surface area contributed by atoms with Gasteiger partial charge < -0.3 is 15.2 Å². The maximum absolute atomic E-state index is 12.8. The number of esters is 2. The van der Waals surface area contributed by atoms with Gasteiger partial charge in [-0.1, -0.05) is 60.7 Å². The summed E-state index contributed by atoms with van der Waals surface area (Å²) >= 11 is 0. The molecule has 0 unspecified atom stereocenters. The van der Waals surface area contributed by atoms with Gasteiger partial charge in [0.05, 0.1) is 24.5 Å². The Labute approximate surface area is 159 Å². The number of hydrogen-bond acceptors (Lipinski definition) is 5. The van der Waals surface area contributed by atoms with Crippen LogP contribution in [0.3, 0.4) is 0 Å². The zero-order valence-electron chi connectivity index (χ0n) is 15.5. The van der Waals surface area contributed by atoms with Gasteiger partial charge in [0.2, 0.25) is 0 Å². The number of hydrogen-bond donors (Lipinski definition) is 1. The fourth-order valence-electron chi connectivity index (χ4n) is 2.55. The summed E-state index contributed by atoms with van der Waals surface area (Å²) in [6.07, 6.45) is 1.28. The van der Waals surface area contributed by atoms with Gasteiger partial charge in [0.15, 0.2) is 0 Å². The summed E-state index contributed by atoms with van der Waals surface area (Å²) in [5.41, 5.74) is 8.38. The predicted octanol–water partition coefficient (Wildman–Crippen LogP) is 3.57. The smallest absolute Gasteiger partial charge is 0.340 e. The van der Waals surface area contributed by atoms with E-state index in [0.717, 1.165) is 0 Å². The molecule has 2 N–H and O–H groups in total. The van der Waals surface area contributed by atoms with Crippen LogP contribution in [0.5, 0.6) is 0 Å². The minimum Gasteiger partial charge on any atom is -0.463 e. The average molecular weight is 365 g/mol. The van der Waals surface area contributed by atoms with Crippen molar-refractivity contribution in [2.24, 2.45) is 5.73 Å². The van der Waals surface area contributed by atoms with Crippen molar-refractivity contribution in [3.8, 4) is 0 Å². The molecule has 2 rings (SSSR count). The average Bonchev–Trinajstić information content (AvgIpc) is 2.69. The van der Waals surface area contributed by atoms with Crippen molar-refractivity contribution in [3.63, 3.8) is 0 Å². The van der Waals surface area contributed by atoms with Gasteiger partial charge in [-0.3, -0.25) is 0 Å². The van der Waals surface area contributed by atoms with E-state index in [2.05, 4.69) is 0 Å². The largest absolute Gasteiger partial charge is 0.463 e. The molecule has 0 amide bonds. The molecule has 0 bridgehead atoms. The van der Waals surface area contributed by atoms with E-state index in [1.807, 2.05) is 36.4 Å². The summed E-state index contributed by atoms with van der Waals surface area (Å²) in [6, 6.07) is 18.2. The first-order chi connectivity index (χ1) is 13.1. The molecule has 0 aliphatic carbocycles. The quantitative estimate of drug-likeness (QED) is 0.461. The molecular weight excluding hydrogens is 342 g/mol. The lowest BCUT2D eigenvalue weighted by atomic mass is 9.93. The van der Waals surface area contributed by atoms with Crippen molar-refractivity contribution in [2.45, 2.75) is 13.8 Å². The molecule has 5 heteroatoms. The summed E-state index contributed by atoms with van der Waals surface area (Å²) in [4.78, 5) is 24.9. The molecule has 0 heterocycles. The number of benzene rings is 2. The van der Waals surface area contributed by atoms with Crippen LogP contribution < -0.4 is 5.73 Å². The molecule has 0 saturated heterocycles. The molecule has 0 saturated carbocycles. The van der Waals surface area contributed by atoms with E-state index < -0.39 is 11.9 Å². The molecule has 0 aliphatic heterocycles. The highest BCUT2D eigenvalue weighted by Crippen LogP contribution is 2.29. The van der Waals surface area contributed by atoms with Crippen LogP contribution in [0.2, 0.25) is 0 Å². The molecule has 0 aromatic heterocycles. The van der Waals surface area contributed by atoms with E-state index in [4.69, 9.17) is 15.2 Å². The molecule has 2 aromatic carbocycles. The second-order valence-electron chi connectivity index (χ2n) is 5.55. The van der Waals surface area contributed by atoms with E-state index in [-0.39, 0.29) is 24.5 Å². The van der Waals surface area contributed by atoms with E-state index in [9.17, 15) is 9.59 Å². The predicted molar refractivity (Wildman–Crippen MR) is 105 cm³/mol. The molecule has 0 spiro atoms. The molecule has 0 fully saturated rings. The van der Waals surface area contributed by atoms with Crippen molar-refractivity contribution >= 4 is 23.2 Å². The molecule has 5 nitrogen and oxygen atoms in total. The van der Waals surface area contributed by atoms with E-state index in [1.165, 1.54) is 6.08 Å². The highest BCUT2D eigenvalue weighted by molar-refractivity contribution is 6.15. The lowest BCUT2D eigenvalue weighted by Crippen LogP contribution is -2.16. The number of rotatable bonds is 7. The number of nitrogens with two attached hydrogens (primary N) is 1. The van der Waals surface area contributed by atoms with E-state index >= 15 is 0 Å². The van der Waals surface area contributed by atoms with Gasteiger partial charge >= 0.3 is 11.9 Å². The van der Waals surface area contributed by atoms with Crippen LogP contribution in [0, 0.1) is 0 Å². The zero-order chi connectivity index (χ0) is 19.6. The Morgan fingerprint density at radius 1 is 0.852 bits per heavy atom. The van der Waals surface area contributed by atoms with Crippen LogP contribution in [-0.2, 0) is 19.1 Å². The number of ether oxygens (including phenoxy) is 2. The first-order valence-corrected chi connectivity index (χ1v) is 8.75. The highest BCUT2D eigenvalue weighted by Gasteiger charge is 2.23. The SMILES string of the molecule is CCOC(=O)/C=C(/C(C(=O)OCC)=C(/N)c1ccccc1)c1ccccc1. The highest BCUT2D eigenvalue weighted by atomic mass is 16.5. The minimum atomic E-state index is -0.599. The van der Waals surface area contributed by atoms with Gasteiger partial charge in [-0.25, -0.2) is 9.59 Å². The Hall–Kier alpha value is -3.34. The van der Waals surface area contributed by atoms with Gasteiger partial charge in [-0.15, -0.1) is 0 Å². The zero-order valence-corrected chi connectivity index (χ0v) is 15.5. The number of carbonyl (C=O) groups is 2. The fourth-order valence-corrected chi connectivity index (χ4v) is 2.55. The first-order valence-electron chi connectivity index (χ1n) is 8.75. The molecule has 0 radical (unpaired) electrons. The van der Waals surface area contributed by atoms with Crippen LogP contribution in [0.4, 0.5) is 0 Å². The molecule has 0 atom stereocenters. The maximum atomic E-state index is 12.8. The van der Waals surface area contributed by atoms with E-state index in [1.54, 1.807) is 38.1 Å². The first kappa shape index (κ1) is 20.0. The summed E-state index contributed by atoms with van der Waals surface area (Å²) in [5, 5.41) is 0. The van der Waals surface area contributed by atoms with Gasteiger partial charge in [-0.2, -0.15) is 0 Å². The third-order valence-electron chi connectivity index (χ3n) is 3.74. The normalized spacial score (nSPS) is 12.1. The molecule has 2 aromatic rings.